The van der Waals surface area contributed by atoms with Gasteiger partial charge in [0, 0.05) is 12.0 Å². The van der Waals surface area contributed by atoms with Crippen molar-refractivity contribution in [3.63, 3.8) is 0 Å². The van der Waals surface area contributed by atoms with Gasteiger partial charge in [0.1, 0.15) is 4.21 Å². The maximum absolute atomic E-state index is 12.0. The summed E-state index contributed by atoms with van der Waals surface area (Å²) in [6, 6.07) is 1.40. The standard InChI is InChI=1S/C9H12BrClN2O2S3/c1-9(2,8(12)16)4-13-18(14,15)6-3-5(11)7(10)17-6/h3,13H,4H2,1-2H3,(H2,12,16). The van der Waals surface area contributed by atoms with Gasteiger partial charge < -0.3 is 5.73 Å². The topological polar surface area (TPSA) is 72.2 Å². The average Bonchev–Trinajstić information content (AvgIpc) is 2.57. The third kappa shape index (κ3) is 3.88. The number of thiocarbonyl (C=S) groups is 1. The van der Waals surface area contributed by atoms with Crippen LogP contribution in [0, 0.1) is 5.41 Å². The van der Waals surface area contributed by atoms with Gasteiger partial charge in [0.2, 0.25) is 10.0 Å². The lowest BCUT2D eigenvalue weighted by Gasteiger charge is -2.22. The molecular weight excluding hydrogens is 380 g/mol. The molecule has 0 aromatic carbocycles. The summed E-state index contributed by atoms with van der Waals surface area (Å²) in [5.41, 5.74) is 4.95. The van der Waals surface area contributed by atoms with E-state index in [1.54, 1.807) is 13.8 Å². The third-order valence-electron chi connectivity index (χ3n) is 2.26. The minimum Gasteiger partial charge on any atom is -0.393 e. The Bertz CT molecular complexity index is 549. The summed E-state index contributed by atoms with van der Waals surface area (Å²) < 4.78 is 27.2. The molecule has 1 heterocycles. The lowest BCUT2D eigenvalue weighted by molar-refractivity contribution is 0.502. The second-order valence-electron chi connectivity index (χ2n) is 4.26. The van der Waals surface area contributed by atoms with Gasteiger partial charge in [-0.25, -0.2) is 13.1 Å². The first-order valence-corrected chi connectivity index (χ1v) is 8.68. The first kappa shape index (κ1) is 16.3. The summed E-state index contributed by atoms with van der Waals surface area (Å²) in [6.45, 7) is 3.68. The van der Waals surface area contributed by atoms with Gasteiger partial charge in [0.25, 0.3) is 0 Å². The summed E-state index contributed by atoms with van der Waals surface area (Å²) in [5, 5.41) is 0.369. The van der Waals surface area contributed by atoms with Crippen LogP contribution in [0.4, 0.5) is 0 Å². The predicted octanol–water partition coefficient (Wildman–Crippen LogP) is 2.75. The van der Waals surface area contributed by atoms with Crippen LogP contribution in [0.2, 0.25) is 5.02 Å². The van der Waals surface area contributed by atoms with E-state index in [1.165, 1.54) is 6.07 Å². The highest BCUT2D eigenvalue weighted by Gasteiger charge is 2.26. The summed E-state index contributed by atoms with van der Waals surface area (Å²) in [4.78, 5) is 0.260. The van der Waals surface area contributed by atoms with E-state index >= 15 is 0 Å². The molecule has 0 aliphatic carbocycles. The molecule has 0 amide bonds. The molecule has 1 rings (SSSR count). The van der Waals surface area contributed by atoms with Crippen molar-refractivity contribution in [3.8, 4) is 0 Å². The molecule has 0 unspecified atom stereocenters. The minimum atomic E-state index is -3.59. The fourth-order valence-corrected chi connectivity index (χ4v) is 4.62. The van der Waals surface area contributed by atoms with E-state index in [9.17, 15) is 8.42 Å². The summed E-state index contributed by atoms with van der Waals surface area (Å²) >= 11 is 14.9. The van der Waals surface area contributed by atoms with E-state index in [-0.39, 0.29) is 15.7 Å². The normalized spacial score (nSPS) is 12.7. The van der Waals surface area contributed by atoms with Crippen LogP contribution in [0.1, 0.15) is 13.8 Å². The average molecular weight is 392 g/mol. The van der Waals surface area contributed by atoms with Gasteiger partial charge in [0.05, 0.1) is 13.8 Å². The third-order valence-corrected chi connectivity index (χ3v) is 7.16. The molecule has 0 aliphatic rings. The Morgan fingerprint density at radius 2 is 2.22 bits per heavy atom. The van der Waals surface area contributed by atoms with Crippen molar-refractivity contribution in [1.82, 2.24) is 4.72 Å². The van der Waals surface area contributed by atoms with Gasteiger partial charge in [-0.1, -0.05) is 37.7 Å². The highest BCUT2D eigenvalue weighted by atomic mass is 79.9. The molecule has 9 heteroatoms. The number of rotatable bonds is 5. The zero-order chi connectivity index (χ0) is 14.1. The number of hydrogen-bond acceptors (Lipinski definition) is 4. The molecule has 102 valence electrons. The van der Waals surface area contributed by atoms with Gasteiger partial charge in [-0.05, 0) is 22.0 Å². The van der Waals surface area contributed by atoms with Crippen molar-refractivity contribution >= 4 is 66.1 Å². The molecule has 0 aliphatic heterocycles. The van der Waals surface area contributed by atoms with Crippen LogP contribution in [0.5, 0.6) is 0 Å². The summed E-state index contributed by atoms with van der Waals surface area (Å²) in [5.74, 6) is 0. The molecule has 1 aromatic heterocycles. The Balaban J connectivity index is 2.87. The van der Waals surface area contributed by atoms with Gasteiger partial charge in [0.15, 0.2) is 0 Å². The Morgan fingerprint density at radius 1 is 1.67 bits per heavy atom. The van der Waals surface area contributed by atoms with Crippen molar-refractivity contribution in [2.45, 2.75) is 18.1 Å². The predicted molar refractivity (Wildman–Crippen MR) is 82.8 cm³/mol. The zero-order valence-corrected chi connectivity index (χ0v) is 14.5. The van der Waals surface area contributed by atoms with Crippen LogP contribution in [-0.2, 0) is 10.0 Å². The lowest BCUT2D eigenvalue weighted by Crippen LogP contribution is -2.41. The Morgan fingerprint density at radius 3 is 2.61 bits per heavy atom. The SMILES string of the molecule is CC(C)(CNS(=O)(=O)c1cc(Cl)c(Br)s1)C(N)=S. The molecule has 3 N–H and O–H groups in total. The van der Waals surface area contributed by atoms with E-state index in [0.717, 1.165) is 11.3 Å². The summed E-state index contributed by atoms with van der Waals surface area (Å²) in [7, 11) is -3.59. The Hall–Kier alpha value is 0.270. The monoisotopic (exact) mass is 390 g/mol. The first-order valence-electron chi connectivity index (χ1n) is 4.81. The second-order valence-corrected chi connectivity index (χ2v) is 9.47. The number of halogens is 2. The van der Waals surface area contributed by atoms with Crippen molar-refractivity contribution in [2.75, 3.05) is 6.54 Å². The first-order chi connectivity index (χ1) is 8.06. The van der Waals surface area contributed by atoms with Gasteiger partial charge in [-0.3, -0.25) is 0 Å². The Kier molecular flexibility index (Phi) is 5.19. The van der Waals surface area contributed by atoms with Crippen LogP contribution in [-0.4, -0.2) is 20.0 Å². The number of thiophene rings is 1. The zero-order valence-electron chi connectivity index (χ0n) is 9.66. The van der Waals surface area contributed by atoms with Crippen molar-refractivity contribution in [1.29, 1.82) is 0 Å². The van der Waals surface area contributed by atoms with E-state index in [0.29, 0.717) is 8.81 Å². The molecule has 0 atom stereocenters. The Labute approximate surface area is 129 Å². The quantitative estimate of drug-likeness (QED) is 0.757. The lowest BCUT2D eigenvalue weighted by atomic mass is 9.94. The minimum absolute atomic E-state index is 0.137. The maximum atomic E-state index is 12.0. The smallest absolute Gasteiger partial charge is 0.250 e. The molecule has 0 fully saturated rings. The van der Waals surface area contributed by atoms with Crippen molar-refractivity contribution < 1.29 is 8.42 Å². The van der Waals surface area contributed by atoms with Gasteiger partial charge >= 0.3 is 0 Å². The van der Waals surface area contributed by atoms with E-state index in [4.69, 9.17) is 29.6 Å². The van der Waals surface area contributed by atoms with E-state index in [1.807, 2.05) is 0 Å². The fraction of sp³-hybridized carbons (Fsp3) is 0.444. The van der Waals surface area contributed by atoms with Crippen LogP contribution in [0.25, 0.3) is 0 Å². The van der Waals surface area contributed by atoms with Crippen molar-refractivity contribution in [2.24, 2.45) is 11.1 Å². The van der Waals surface area contributed by atoms with Crippen LogP contribution < -0.4 is 10.5 Å². The molecule has 0 spiro atoms. The van der Waals surface area contributed by atoms with E-state index in [2.05, 4.69) is 20.7 Å². The highest BCUT2D eigenvalue weighted by Crippen LogP contribution is 2.34. The highest BCUT2D eigenvalue weighted by molar-refractivity contribution is 9.11. The van der Waals surface area contributed by atoms with Gasteiger partial charge in [-0.15, -0.1) is 11.3 Å². The molecule has 4 nitrogen and oxygen atoms in total. The molecular formula is C9H12BrClN2O2S3. The van der Waals surface area contributed by atoms with Crippen LogP contribution >= 0.6 is 51.1 Å². The fourth-order valence-electron chi connectivity index (χ4n) is 0.893. The number of sulfonamides is 1. The second kappa shape index (κ2) is 5.72. The maximum Gasteiger partial charge on any atom is 0.250 e. The number of hydrogen-bond donors (Lipinski definition) is 2. The number of nitrogens with two attached hydrogens (primary N) is 1. The molecule has 1 aromatic rings. The molecule has 0 radical (unpaired) electrons. The van der Waals surface area contributed by atoms with Crippen LogP contribution in [0.3, 0.4) is 0 Å². The van der Waals surface area contributed by atoms with Crippen molar-refractivity contribution in [3.05, 3.63) is 14.9 Å². The van der Waals surface area contributed by atoms with E-state index < -0.39 is 15.4 Å². The van der Waals surface area contributed by atoms with Gasteiger partial charge in [-0.2, -0.15) is 0 Å². The summed E-state index contributed by atoms with van der Waals surface area (Å²) in [6.07, 6.45) is 0. The largest absolute Gasteiger partial charge is 0.393 e. The molecule has 0 saturated heterocycles. The molecule has 0 saturated carbocycles. The number of nitrogens with one attached hydrogen (secondary N) is 1. The molecule has 0 bridgehead atoms. The molecule has 18 heavy (non-hydrogen) atoms. The van der Waals surface area contributed by atoms with Crippen LogP contribution in [0.15, 0.2) is 14.1 Å².